The number of fused-ring (bicyclic) bond motifs is 1. The predicted octanol–water partition coefficient (Wildman–Crippen LogP) is 3.34. The highest BCUT2D eigenvalue weighted by Crippen LogP contribution is 2.33. The zero-order valence-electron chi connectivity index (χ0n) is 14.3. The molecule has 4 rings (SSSR count). The summed E-state index contributed by atoms with van der Waals surface area (Å²) >= 11 is 0. The van der Waals surface area contributed by atoms with Gasteiger partial charge in [0.25, 0.3) is 0 Å². The Bertz CT molecular complexity index is 692. The van der Waals surface area contributed by atoms with Crippen LogP contribution in [0.1, 0.15) is 24.0 Å². The van der Waals surface area contributed by atoms with Crippen LogP contribution in [-0.4, -0.2) is 34.9 Å². The summed E-state index contributed by atoms with van der Waals surface area (Å²) in [5.41, 5.74) is 2.56. The molecule has 1 fully saturated rings. The molecule has 1 aliphatic carbocycles. The van der Waals surface area contributed by atoms with Gasteiger partial charge in [0.1, 0.15) is 5.75 Å². The molecule has 24 heavy (non-hydrogen) atoms. The first-order chi connectivity index (χ1) is 11.8. The van der Waals surface area contributed by atoms with Gasteiger partial charge in [-0.25, -0.2) is 0 Å². The maximum absolute atomic E-state index is 5.53. The van der Waals surface area contributed by atoms with E-state index in [0.29, 0.717) is 0 Å². The normalized spacial score (nSPS) is 23.4. The van der Waals surface area contributed by atoms with Crippen molar-refractivity contribution in [3.63, 3.8) is 0 Å². The number of ether oxygens (including phenoxy) is 1. The van der Waals surface area contributed by atoms with Crippen LogP contribution in [0.4, 0.5) is 0 Å². The molecule has 2 atom stereocenters. The minimum atomic E-state index is 0.749. The van der Waals surface area contributed by atoms with E-state index in [1.165, 1.54) is 37.1 Å². The molecule has 0 unspecified atom stereocenters. The predicted molar refractivity (Wildman–Crippen MR) is 95.0 cm³/mol. The lowest BCUT2D eigenvalue weighted by Crippen LogP contribution is -2.20. The summed E-state index contributed by atoms with van der Waals surface area (Å²) in [7, 11) is 1.74. The van der Waals surface area contributed by atoms with Crippen LogP contribution >= 0.6 is 0 Å². The quantitative estimate of drug-likeness (QED) is 0.791. The lowest BCUT2D eigenvalue weighted by atomic mass is 9.86. The van der Waals surface area contributed by atoms with E-state index in [4.69, 9.17) is 4.74 Å². The Morgan fingerprint density at radius 3 is 2.58 bits per heavy atom. The van der Waals surface area contributed by atoms with Crippen molar-refractivity contribution in [2.24, 2.45) is 11.8 Å². The van der Waals surface area contributed by atoms with E-state index in [2.05, 4.69) is 40.3 Å². The van der Waals surface area contributed by atoms with Crippen LogP contribution in [0.2, 0.25) is 0 Å². The number of likely N-dealkylation sites (tertiary alicyclic amines) is 1. The Morgan fingerprint density at radius 1 is 1.12 bits per heavy atom. The lowest BCUT2D eigenvalue weighted by Gasteiger charge is -2.18. The van der Waals surface area contributed by atoms with E-state index in [1.807, 2.05) is 23.1 Å². The van der Waals surface area contributed by atoms with Crippen LogP contribution < -0.4 is 4.74 Å². The number of methoxy groups -OCH3 is 1. The average Bonchev–Trinajstić information content (AvgIpc) is 3.24. The summed E-state index contributed by atoms with van der Waals surface area (Å²) < 4.78 is 7.48. The van der Waals surface area contributed by atoms with E-state index in [-0.39, 0.29) is 0 Å². The number of hydrogen-bond acceptors (Lipinski definition) is 3. The van der Waals surface area contributed by atoms with E-state index in [9.17, 15) is 0 Å². The summed E-state index contributed by atoms with van der Waals surface area (Å²) in [6.45, 7) is 4.24. The van der Waals surface area contributed by atoms with Gasteiger partial charge in [0.2, 0.25) is 0 Å². The average molecular weight is 323 g/mol. The highest BCUT2D eigenvalue weighted by molar-refractivity contribution is 5.37. The van der Waals surface area contributed by atoms with Gasteiger partial charge >= 0.3 is 0 Å². The second-order valence-electron chi connectivity index (χ2n) is 7.01. The molecule has 0 radical (unpaired) electrons. The van der Waals surface area contributed by atoms with Gasteiger partial charge in [0.05, 0.1) is 13.7 Å². The molecule has 1 aliphatic heterocycles. The zero-order valence-corrected chi connectivity index (χ0v) is 14.3. The van der Waals surface area contributed by atoms with E-state index in [1.54, 1.807) is 7.11 Å². The van der Waals surface area contributed by atoms with Gasteiger partial charge in [-0.15, -0.1) is 0 Å². The molecule has 0 amide bonds. The standard InChI is InChI=1S/C20H25N3O/c1-24-20-8-7-16(11-19(20)15-23-10-4-9-21-23)12-22-13-17-5-2-3-6-18(17)14-22/h2-4,7-11,17-18H,5-6,12-15H2,1H3/t17-,18+. The second kappa shape index (κ2) is 6.81. The highest BCUT2D eigenvalue weighted by atomic mass is 16.5. The smallest absolute Gasteiger partial charge is 0.123 e. The van der Waals surface area contributed by atoms with Gasteiger partial charge in [-0.2, -0.15) is 5.10 Å². The van der Waals surface area contributed by atoms with E-state index >= 15 is 0 Å². The SMILES string of the molecule is COc1ccc(CN2C[C@H]3CC=CC[C@H]3C2)cc1Cn1cccn1. The summed E-state index contributed by atoms with van der Waals surface area (Å²) in [5.74, 6) is 2.65. The maximum Gasteiger partial charge on any atom is 0.123 e. The van der Waals surface area contributed by atoms with Gasteiger partial charge < -0.3 is 4.74 Å². The van der Waals surface area contributed by atoms with Crippen molar-refractivity contribution in [2.75, 3.05) is 20.2 Å². The molecule has 0 spiro atoms. The monoisotopic (exact) mass is 323 g/mol. The third kappa shape index (κ3) is 3.24. The zero-order chi connectivity index (χ0) is 16.4. The molecular weight excluding hydrogens is 298 g/mol. The van der Waals surface area contributed by atoms with Crippen LogP contribution in [0.25, 0.3) is 0 Å². The fraction of sp³-hybridized carbons (Fsp3) is 0.450. The van der Waals surface area contributed by atoms with Crippen molar-refractivity contribution in [3.05, 3.63) is 59.9 Å². The molecule has 0 N–H and O–H groups in total. The van der Waals surface area contributed by atoms with Crippen molar-refractivity contribution in [2.45, 2.75) is 25.9 Å². The summed E-state index contributed by atoms with van der Waals surface area (Å²) in [6.07, 6.45) is 11.0. The van der Waals surface area contributed by atoms with Crippen molar-refractivity contribution in [1.82, 2.24) is 14.7 Å². The molecule has 1 aromatic carbocycles. The molecule has 4 heteroatoms. The van der Waals surface area contributed by atoms with Crippen molar-refractivity contribution >= 4 is 0 Å². The Morgan fingerprint density at radius 2 is 1.92 bits per heavy atom. The van der Waals surface area contributed by atoms with Gasteiger partial charge in [-0.05, 0) is 48.4 Å². The first-order valence-electron chi connectivity index (χ1n) is 8.82. The fourth-order valence-corrected chi connectivity index (χ4v) is 4.12. The molecular formula is C20H25N3O. The van der Waals surface area contributed by atoms with Crippen LogP contribution in [0.5, 0.6) is 5.75 Å². The second-order valence-corrected chi connectivity index (χ2v) is 7.01. The van der Waals surface area contributed by atoms with Crippen molar-refractivity contribution < 1.29 is 4.74 Å². The minimum absolute atomic E-state index is 0.749. The largest absolute Gasteiger partial charge is 0.496 e. The van der Waals surface area contributed by atoms with Crippen LogP contribution in [0.3, 0.4) is 0 Å². The van der Waals surface area contributed by atoms with Crippen molar-refractivity contribution in [3.8, 4) is 5.75 Å². The maximum atomic E-state index is 5.53. The molecule has 126 valence electrons. The van der Waals surface area contributed by atoms with Gasteiger partial charge in [-0.3, -0.25) is 9.58 Å². The van der Waals surface area contributed by atoms with Gasteiger partial charge in [0, 0.05) is 37.6 Å². The summed E-state index contributed by atoms with van der Waals surface area (Å²) in [5, 5.41) is 4.31. The first kappa shape index (κ1) is 15.5. The van der Waals surface area contributed by atoms with Gasteiger partial charge in [0.15, 0.2) is 0 Å². The number of hydrogen-bond donors (Lipinski definition) is 0. The van der Waals surface area contributed by atoms with Crippen LogP contribution in [0, 0.1) is 11.8 Å². The number of nitrogens with zero attached hydrogens (tertiary/aromatic N) is 3. The van der Waals surface area contributed by atoms with Crippen LogP contribution in [-0.2, 0) is 13.1 Å². The first-order valence-corrected chi connectivity index (χ1v) is 8.82. The summed E-state index contributed by atoms with van der Waals surface area (Å²) in [4.78, 5) is 2.61. The molecule has 0 bridgehead atoms. The van der Waals surface area contributed by atoms with Crippen LogP contribution in [0.15, 0.2) is 48.8 Å². The number of allylic oxidation sites excluding steroid dienone is 2. The Balaban J connectivity index is 1.47. The topological polar surface area (TPSA) is 30.3 Å². The number of benzene rings is 1. The Labute approximate surface area is 143 Å². The van der Waals surface area contributed by atoms with E-state index < -0.39 is 0 Å². The number of aromatic nitrogens is 2. The minimum Gasteiger partial charge on any atom is -0.496 e. The third-order valence-corrected chi connectivity index (χ3v) is 5.34. The molecule has 1 saturated heterocycles. The lowest BCUT2D eigenvalue weighted by molar-refractivity contribution is 0.313. The Kier molecular flexibility index (Phi) is 4.39. The molecule has 2 heterocycles. The Hall–Kier alpha value is -2.07. The van der Waals surface area contributed by atoms with Crippen molar-refractivity contribution in [1.29, 1.82) is 0 Å². The molecule has 2 aliphatic rings. The summed E-state index contributed by atoms with van der Waals surface area (Å²) in [6, 6.07) is 8.53. The highest BCUT2D eigenvalue weighted by Gasteiger charge is 2.32. The third-order valence-electron chi connectivity index (χ3n) is 5.34. The molecule has 2 aromatic rings. The molecule has 4 nitrogen and oxygen atoms in total. The fourth-order valence-electron chi connectivity index (χ4n) is 4.12. The van der Waals surface area contributed by atoms with Gasteiger partial charge in [-0.1, -0.05) is 18.2 Å². The number of rotatable bonds is 5. The van der Waals surface area contributed by atoms with E-state index in [0.717, 1.165) is 30.7 Å². The molecule has 0 saturated carbocycles. The molecule has 1 aromatic heterocycles.